The Kier molecular flexibility index (Phi) is 4.20. The molecule has 1 aliphatic heterocycles. The molecule has 2 heterocycles. The molecule has 6 heteroatoms. The fourth-order valence-corrected chi connectivity index (χ4v) is 3.04. The van der Waals surface area contributed by atoms with Gasteiger partial charge in [-0.2, -0.15) is 5.10 Å². The molecule has 116 valence electrons. The Labute approximate surface area is 128 Å². The van der Waals surface area contributed by atoms with Gasteiger partial charge in [-0.1, -0.05) is 12.1 Å². The van der Waals surface area contributed by atoms with Crippen molar-refractivity contribution in [1.82, 2.24) is 15.1 Å². The summed E-state index contributed by atoms with van der Waals surface area (Å²) in [5.74, 6) is 0.0315. The van der Waals surface area contributed by atoms with Crippen molar-refractivity contribution >= 4 is 5.91 Å². The molecule has 0 spiro atoms. The topological polar surface area (TPSA) is 75.0 Å². The summed E-state index contributed by atoms with van der Waals surface area (Å²) in [4.78, 5) is 13.4. The van der Waals surface area contributed by atoms with Crippen LogP contribution in [0.2, 0.25) is 0 Å². The number of nitrogens with zero attached hydrogens (tertiary/aromatic N) is 2. The molecule has 0 unspecified atom stereocenters. The van der Waals surface area contributed by atoms with Crippen molar-refractivity contribution in [2.24, 2.45) is 5.73 Å². The van der Waals surface area contributed by atoms with Crippen LogP contribution in [0.25, 0.3) is 11.1 Å². The molecule has 0 aliphatic carbocycles. The summed E-state index contributed by atoms with van der Waals surface area (Å²) in [6, 6.07) is 6.52. The number of nitrogens with two attached hydrogens (primary N) is 1. The molecule has 1 aromatic heterocycles. The van der Waals surface area contributed by atoms with E-state index >= 15 is 0 Å². The minimum Gasteiger partial charge on any atom is -0.342 e. The van der Waals surface area contributed by atoms with Gasteiger partial charge in [0.2, 0.25) is 5.91 Å². The first-order valence-corrected chi connectivity index (χ1v) is 7.46. The smallest absolute Gasteiger partial charge is 0.236 e. The number of aromatic nitrogens is 2. The molecule has 3 N–H and O–H groups in total. The van der Waals surface area contributed by atoms with Crippen LogP contribution < -0.4 is 5.73 Å². The van der Waals surface area contributed by atoms with E-state index in [0.717, 1.165) is 29.7 Å². The third kappa shape index (κ3) is 2.87. The number of benzene rings is 1. The van der Waals surface area contributed by atoms with E-state index in [0.29, 0.717) is 19.0 Å². The Morgan fingerprint density at radius 1 is 1.41 bits per heavy atom. The van der Waals surface area contributed by atoms with Gasteiger partial charge in [0.15, 0.2) is 0 Å². The molecule has 1 saturated heterocycles. The van der Waals surface area contributed by atoms with E-state index in [1.54, 1.807) is 17.2 Å². The molecule has 1 aliphatic rings. The predicted octanol–water partition coefficient (Wildman–Crippen LogP) is 1.88. The summed E-state index contributed by atoms with van der Waals surface area (Å²) in [7, 11) is 0. The SMILES string of the molecule is NCC(=O)N1CCC(c2[nH]ncc2-c2cccc(F)c2)CC1. The van der Waals surface area contributed by atoms with Crippen molar-refractivity contribution in [2.45, 2.75) is 18.8 Å². The summed E-state index contributed by atoms with van der Waals surface area (Å²) in [6.45, 7) is 1.45. The normalized spacial score (nSPS) is 16.0. The van der Waals surface area contributed by atoms with Crippen molar-refractivity contribution in [3.63, 3.8) is 0 Å². The quantitative estimate of drug-likeness (QED) is 0.909. The highest BCUT2D eigenvalue weighted by Crippen LogP contribution is 2.33. The zero-order valence-electron chi connectivity index (χ0n) is 12.3. The lowest BCUT2D eigenvalue weighted by atomic mass is 9.89. The van der Waals surface area contributed by atoms with Crippen LogP contribution in [-0.2, 0) is 4.79 Å². The van der Waals surface area contributed by atoms with Gasteiger partial charge >= 0.3 is 0 Å². The number of carbonyl (C=O) groups excluding carboxylic acids is 1. The third-order valence-corrected chi connectivity index (χ3v) is 4.23. The zero-order valence-corrected chi connectivity index (χ0v) is 12.3. The number of halogens is 1. The Hall–Kier alpha value is -2.21. The van der Waals surface area contributed by atoms with Gasteiger partial charge in [0.05, 0.1) is 12.7 Å². The van der Waals surface area contributed by atoms with Crippen LogP contribution in [0.15, 0.2) is 30.5 Å². The fourth-order valence-electron chi connectivity index (χ4n) is 3.04. The van der Waals surface area contributed by atoms with Crippen molar-refractivity contribution in [2.75, 3.05) is 19.6 Å². The Bertz CT molecular complexity index is 662. The molecule has 1 amide bonds. The van der Waals surface area contributed by atoms with Gasteiger partial charge in [-0.15, -0.1) is 0 Å². The first-order chi connectivity index (χ1) is 10.7. The molecule has 0 atom stereocenters. The number of piperidine rings is 1. The van der Waals surface area contributed by atoms with Crippen LogP contribution in [0.4, 0.5) is 4.39 Å². The average Bonchev–Trinajstić information content (AvgIpc) is 3.04. The third-order valence-electron chi connectivity index (χ3n) is 4.23. The van der Waals surface area contributed by atoms with E-state index in [-0.39, 0.29) is 18.3 Å². The maximum atomic E-state index is 13.4. The number of carbonyl (C=O) groups is 1. The lowest BCUT2D eigenvalue weighted by molar-refractivity contribution is -0.130. The van der Waals surface area contributed by atoms with Crippen LogP contribution in [-0.4, -0.2) is 40.6 Å². The minimum absolute atomic E-state index is 0.00610. The molecule has 0 radical (unpaired) electrons. The Morgan fingerprint density at radius 3 is 2.86 bits per heavy atom. The Balaban J connectivity index is 1.78. The predicted molar refractivity (Wildman–Crippen MR) is 81.6 cm³/mol. The summed E-state index contributed by atoms with van der Waals surface area (Å²) in [6.07, 6.45) is 3.45. The number of hydrogen-bond donors (Lipinski definition) is 2. The first kappa shape index (κ1) is 14.7. The van der Waals surface area contributed by atoms with Gasteiger partial charge in [0.1, 0.15) is 5.82 Å². The summed E-state index contributed by atoms with van der Waals surface area (Å²) >= 11 is 0. The second-order valence-electron chi connectivity index (χ2n) is 5.57. The maximum Gasteiger partial charge on any atom is 0.236 e. The second-order valence-corrected chi connectivity index (χ2v) is 5.57. The molecular formula is C16H19FN4O. The molecule has 1 aromatic carbocycles. The summed E-state index contributed by atoms with van der Waals surface area (Å²) in [5, 5.41) is 7.18. The molecular weight excluding hydrogens is 283 g/mol. The molecule has 2 aromatic rings. The van der Waals surface area contributed by atoms with Crippen LogP contribution in [0.1, 0.15) is 24.5 Å². The second kappa shape index (κ2) is 6.27. The van der Waals surface area contributed by atoms with E-state index in [1.165, 1.54) is 12.1 Å². The molecule has 0 saturated carbocycles. The van der Waals surface area contributed by atoms with Crippen LogP contribution in [0.3, 0.4) is 0 Å². The number of likely N-dealkylation sites (tertiary alicyclic amines) is 1. The molecule has 22 heavy (non-hydrogen) atoms. The van der Waals surface area contributed by atoms with Crippen molar-refractivity contribution < 1.29 is 9.18 Å². The standard InChI is InChI=1S/C16H19FN4O/c17-13-3-1-2-12(8-13)14-10-19-20-16(14)11-4-6-21(7-5-11)15(22)9-18/h1-3,8,10-11H,4-7,9,18H2,(H,19,20). The molecule has 0 bridgehead atoms. The van der Waals surface area contributed by atoms with E-state index in [2.05, 4.69) is 10.2 Å². The Morgan fingerprint density at radius 2 is 2.18 bits per heavy atom. The maximum absolute atomic E-state index is 13.4. The highest BCUT2D eigenvalue weighted by molar-refractivity contribution is 5.78. The molecule has 1 fully saturated rings. The number of hydrogen-bond acceptors (Lipinski definition) is 3. The summed E-state index contributed by atoms with van der Waals surface area (Å²) < 4.78 is 13.4. The van der Waals surface area contributed by atoms with Crippen LogP contribution in [0, 0.1) is 5.82 Å². The van der Waals surface area contributed by atoms with Crippen molar-refractivity contribution in [3.8, 4) is 11.1 Å². The first-order valence-electron chi connectivity index (χ1n) is 7.46. The van der Waals surface area contributed by atoms with E-state index in [9.17, 15) is 9.18 Å². The van der Waals surface area contributed by atoms with Crippen molar-refractivity contribution in [3.05, 3.63) is 42.0 Å². The lowest BCUT2D eigenvalue weighted by Crippen LogP contribution is -2.41. The number of aromatic amines is 1. The van der Waals surface area contributed by atoms with Gasteiger partial charge in [0, 0.05) is 30.3 Å². The highest BCUT2D eigenvalue weighted by atomic mass is 19.1. The van der Waals surface area contributed by atoms with Crippen LogP contribution >= 0.6 is 0 Å². The number of amides is 1. The van der Waals surface area contributed by atoms with Gasteiger partial charge in [-0.3, -0.25) is 9.89 Å². The van der Waals surface area contributed by atoms with Crippen molar-refractivity contribution in [1.29, 1.82) is 0 Å². The van der Waals surface area contributed by atoms with Gasteiger partial charge in [-0.25, -0.2) is 4.39 Å². The largest absolute Gasteiger partial charge is 0.342 e. The highest BCUT2D eigenvalue weighted by Gasteiger charge is 2.26. The van der Waals surface area contributed by atoms with Crippen LogP contribution in [0.5, 0.6) is 0 Å². The molecule has 3 rings (SSSR count). The number of rotatable bonds is 3. The molecule has 5 nitrogen and oxygen atoms in total. The minimum atomic E-state index is -0.256. The van der Waals surface area contributed by atoms with Gasteiger partial charge < -0.3 is 10.6 Å². The van der Waals surface area contributed by atoms with E-state index in [1.807, 2.05) is 6.07 Å². The lowest BCUT2D eigenvalue weighted by Gasteiger charge is -2.31. The zero-order chi connectivity index (χ0) is 15.5. The van der Waals surface area contributed by atoms with E-state index < -0.39 is 0 Å². The monoisotopic (exact) mass is 302 g/mol. The average molecular weight is 302 g/mol. The number of H-pyrrole nitrogens is 1. The van der Waals surface area contributed by atoms with Gasteiger partial charge in [-0.05, 0) is 30.5 Å². The number of nitrogens with one attached hydrogen (secondary N) is 1. The van der Waals surface area contributed by atoms with E-state index in [4.69, 9.17) is 5.73 Å². The fraction of sp³-hybridized carbons (Fsp3) is 0.375. The summed E-state index contributed by atoms with van der Waals surface area (Å²) in [5.41, 5.74) is 8.18. The van der Waals surface area contributed by atoms with Gasteiger partial charge in [0.25, 0.3) is 0 Å².